The fraction of sp³-hybridized carbons (Fsp3) is 0.759. The molecule has 1 amide bonds. The van der Waals surface area contributed by atoms with Crippen molar-refractivity contribution in [1.82, 2.24) is 5.32 Å². The van der Waals surface area contributed by atoms with Gasteiger partial charge in [-0.15, -0.1) is 0 Å². The summed E-state index contributed by atoms with van der Waals surface area (Å²) in [6, 6.07) is -1.03. The average Bonchev–Trinajstić information content (AvgIpc) is 2.86. The van der Waals surface area contributed by atoms with Crippen LogP contribution in [-0.4, -0.2) is 57.3 Å². The van der Waals surface area contributed by atoms with E-state index in [1.807, 2.05) is 6.08 Å². The number of aliphatic hydroxyl groups excluding tert-OH is 4. The lowest BCUT2D eigenvalue weighted by Crippen LogP contribution is -2.52. The molecule has 35 heavy (non-hydrogen) atoms. The Morgan fingerprint density at radius 1 is 0.743 bits per heavy atom. The normalized spacial score (nSPS) is 15.7. The summed E-state index contributed by atoms with van der Waals surface area (Å²) in [4.78, 5) is 12.2. The van der Waals surface area contributed by atoms with Gasteiger partial charge >= 0.3 is 0 Å². The van der Waals surface area contributed by atoms with Crippen LogP contribution in [0.5, 0.6) is 0 Å². The van der Waals surface area contributed by atoms with Gasteiger partial charge in [0.25, 0.3) is 0 Å². The van der Waals surface area contributed by atoms with Crippen molar-refractivity contribution < 1.29 is 25.2 Å². The molecule has 204 valence electrons. The van der Waals surface area contributed by atoms with Crippen molar-refractivity contribution in [2.24, 2.45) is 0 Å². The molecule has 0 saturated carbocycles. The Morgan fingerprint density at radius 3 is 2.00 bits per heavy atom. The highest BCUT2D eigenvalue weighted by Crippen LogP contribution is 2.11. The maximum atomic E-state index is 12.2. The van der Waals surface area contributed by atoms with Gasteiger partial charge in [-0.05, 0) is 44.9 Å². The molecule has 5 N–H and O–H groups in total. The molecule has 0 aliphatic heterocycles. The van der Waals surface area contributed by atoms with Gasteiger partial charge in [0.2, 0.25) is 5.91 Å². The number of amides is 1. The summed E-state index contributed by atoms with van der Waals surface area (Å²) in [7, 11) is 0. The first kappa shape index (κ1) is 33.5. The highest BCUT2D eigenvalue weighted by molar-refractivity contribution is 5.81. The van der Waals surface area contributed by atoms with Crippen LogP contribution in [0.4, 0.5) is 0 Å². The summed E-state index contributed by atoms with van der Waals surface area (Å²) in [6.07, 6.45) is 23.5. The van der Waals surface area contributed by atoms with Crippen molar-refractivity contribution in [2.75, 3.05) is 6.61 Å². The van der Waals surface area contributed by atoms with Crippen molar-refractivity contribution in [3.63, 3.8) is 0 Å². The largest absolute Gasteiger partial charge is 0.394 e. The van der Waals surface area contributed by atoms with Crippen LogP contribution in [0.1, 0.15) is 110 Å². The third-order valence-corrected chi connectivity index (χ3v) is 6.08. The van der Waals surface area contributed by atoms with Crippen LogP contribution in [0.2, 0.25) is 0 Å². The highest BCUT2D eigenvalue weighted by Gasteiger charge is 2.28. The lowest BCUT2D eigenvalue weighted by molar-refractivity contribution is -0.132. The number of allylic oxidation sites excluding steroid dienone is 5. The maximum absolute atomic E-state index is 12.2. The second-order valence-corrected chi connectivity index (χ2v) is 9.39. The Bertz CT molecular complexity index is 575. The molecule has 0 radical (unpaired) electrons. The Kier molecular flexibility index (Phi) is 23.2. The fourth-order valence-electron chi connectivity index (χ4n) is 3.72. The molecule has 0 rings (SSSR count). The maximum Gasteiger partial charge on any atom is 0.249 e. The average molecular weight is 496 g/mol. The molecule has 0 aromatic carbocycles. The summed E-state index contributed by atoms with van der Waals surface area (Å²) in [6.45, 7) is 3.85. The minimum absolute atomic E-state index is 0.151. The van der Waals surface area contributed by atoms with Crippen molar-refractivity contribution in [3.05, 3.63) is 36.5 Å². The van der Waals surface area contributed by atoms with Gasteiger partial charge in [0, 0.05) is 6.42 Å². The molecule has 4 unspecified atom stereocenters. The minimum atomic E-state index is -1.30. The van der Waals surface area contributed by atoms with Crippen LogP contribution in [0.3, 0.4) is 0 Å². The summed E-state index contributed by atoms with van der Waals surface area (Å²) < 4.78 is 0. The van der Waals surface area contributed by atoms with Crippen molar-refractivity contribution in [3.8, 4) is 0 Å². The van der Waals surface area contributed by atoms with E-state index in [1.165, 1.54) is 38.5 Å². The number of carbonyl (C=O) groups is 1. The molecular weight excluding hydrogens is 442 g/mol. The van der Waals surface area contributed by atoms with Gasteiger partial charge in [0.05, 0.1) is 18.8 Å². The number of nitrogens with one attached hydrogen (secondary N) is 1. The first-order chi connectivity index (χ1) is 17.0. The standard InChI is InChI=1S/C29H53NO5/c1-3-5-7-9-11-12-13-14-15-17-19-21-23-27(33)29(35)30-25(24-31)28(34)26(32)22-20-18-16-10-8-6-4-2/h10,14-16,19,21,25-28,31-34H,3-9,11-13,17-18,20,22-24H2,1-2H3,(H,30,35)/b15-14-,16-10+,21-19-. The first-order valence-corrected chi connectivity index (χ1v) is 13.9. The lowest BCUT2D eigenvalue weighted by atomic mass is 10.0. The van der Waals surface area contributed by atoms with E-state index < -0.39 is 36.9 Å². The zero-order valence-corrected chi connectivity index (χ0v) is 22.3. The molecule has 0 saturated heterocycles. The third-order valence-electron chi connectivity index (χ3n) is 6.08. The zero-order valence-electron chi connectivity index (χ0n) is 22.3. The van der Waals surface area contributed by atoms with Gasteiger partial charge < -0.3 is 25.7 Å². The number of rotatable bonds is 23. The van der Waals surface area contributed by atoms with Crippen molar-refractivity contribution >= 4 is 5.91 Å². The van der Waals surface area contributed by atoms with E-state index >= 15 is 0 Å². The summed E-state index contributed by atoms with van der Waals surface area (Å²) in [5, 5.41) is 42.6. The van der Waals surface area contributed by atoms with Crippen molar-refractivity contribution in [1.29, 1.82) is 0 Å². The number of hydrogen-bond acceptors (Lipinski definition) is 5. The molecule has 0 heterocycles. The number of hydrogen-bond donors (Lipinski definition) is 5. The molecule has 0 aromatic heterocycles. The SMILES string of the molecule is CCCC/C=C/CCCC(O)C(O)C(CO)NC(=O)C(O)C/C=C\C/C=C\CCCCCCCC. The van der Waals surface area contributed by atoms with Gasteiger partial charge in [-0.25, -0.2) is 0 Å². The van der Waals surface area contributed by atoms with E-state index in [2.05, 4.69) is 43.5 Å². The van der Waals surface area contributed by atoms with Crippen LogP contribution in [-0.2, 0) is 4.79 Å². The molecule has 0 bridgehead atoms. The van der Waals surface area contributed by atoms with E-state index in [4.69, 9.17) is 0 Å². The summed E-state index contributed by atoms with van der Waals surface area (Å²) >= 11 is 0. The number of aliphatic hydroxyl groups is 4. The summed E-state index contributed by atoms with van der Waals surface area (Å²) in [5.74, 6) is -0.669. The molecular formula is C29H53NO5. The number of unbranched alkanes of at least 4 members (excludes halogenated alkanes) is 9. The van der Waals surface area contributed by atoms with E-state index in [1.54, 1.807) is 6.08 Å². The molecule has 0 spiro atoms. The van der Waals surface area contributed by atoms with Gasteiger partial charge in [0.1, 0.15) is 12.2 Å². The molecule has 6 heteroatoms. The second-order valence-electron chi connectivity index (χ2n) is 9.39. The van der Waals surface area contributed by atoms with E-state index in [-0.39, 0.29) is 6.42 Å². The van der Waals surface area contributed by atoms with Crippen LogP contribution in [0.15, 0.2) is 36.5 Å². The third kappa shape index (κ3) is 19.4. The molecule has 0 fully saturated rings. The van der Waals surface area contributed by atoms with Crippen LogP contribution in [0.25, 0.3) is 0 Å². The predicted molar refractivity (Wildman–Crippen MR) is 145 cm³/mol. The van der Waals surface area contributed by atoms with E-state index in [9.17, 15) is 25.2 Å². The molecule has 0 aliphatic carbocycles. The topological polar surface area (TPSA) is 110 Å². The Hall–Kier alpha value is -1.47. The highest BCUT2D eigenvalue weighted by atomic mass is 16.3. The molecule has 4 atom stereocenters. The van der Waals surface area contributed by atoms with Gasteiger partial charge in [-0.3, -0.25) is 4.79 Å². The fourth-order valence-corrected chi connectivity index (χ4v) is 3.72. The second kappa shape index (κ2) is 24.2. The van der Waals surface area contributed by atoms with Gasteiger partial charge in [-0.1, -0.05) is 95.2 Å². The molecule has 6 nitrogen and oxygen atoms in total. The van der Waals surface area contributed by atoms with Gasteiger partial charge in [0.15, 0.2) is 0 Å². The van der Waals surface area contributed by atoms with E-state index in [0.29, 0.717) is 12.8 Å². The zero-order chi connectivity index (χ0) is 26.2. The Morgan fingerprint density at radius 2 is 1.31 bits per heavy atom. The predicted octanol–water partition coefficient (Wildman–Crippen LogP) is 5.11. The Labute approximate surface area is 214 Å². The smallest absolute Gasteiger partial charge is 0.249 e. The van der Waals surface area contributed by atoms with Gasteiger partial charge in [-0.2, -0.15) is 0 Å². The van der Waals surface area contributed by atoms with Crippen molar-refractivity contribution in [2.45, 2.75) is 135 Å². The quantitative estimate of drug-likeness (QED) is 0.1000. The Balaban J connectivity index is 4.13. The van der Waals surface area contributed by atoms with Crippen LogP contribution in [0, 0.1) is 0 Å². The lowest BCUT2D eigenvalue weighted by Gasteiger charge is -2.27. The van der Waals surface area contributed by atoms with Crippen LogP contribution < -0.4 is 5.32 Å². The van der Waals surface area contributed by atoms with Crippen LogP contribution >= 0.6 is 0 Å². The number of carbonyl (C=O) groups excluding carboxylic acids is 1. The first-order valence-electron chi connectivity index (χ1n) is 13.9. The minimum Gasteiger partial charge on any atom is -0.394 e. The van der Waals surface area contributed by atoms with E-state index in [0.717, 1.165) is 38.5 Å². The monoisotopic (exact) mass is 495 g/mol. The molecule has 0 aromatic rings. The summed E-state index contributed by atoms with van der Waals surface area (Å²) in [5.41, 5.74) is 0. The molecule has 0 aliphatic rings.